The number of carboxylic acids is 1. The first-order valence-corrected chi connectivity index (χ1v) is 5.96. The Bertz CT molecular complexity index is 374. The van der Waals surface area contributed by atoms with Crippen molar-refractivity contribution < 1.29 is 9.90 Å². The van der Waals surface area contributed by atoms with Crippen molar-refractivity contribution in [3.05, 3.63) is 18.0 Å². The summed E-state index contributed by atoms with van der Waals surface area (Å²) in [6.07, 6.45) is 3.72. The van der Waals surface area contributed by atoms with E-state index in [-0.39, 0.29) is 12.0 Å². The number of nitrogens with one attached hydrogen (secondary N) is 1. The molecule has 0 bridgehead atoms. The summed E-state index contributed by atoms with van der Waals surface area (Å²) in [5, 5.41) is 16.4. The zero-order valence-corrected chi connectivity index (χ0v) is 10.8. The molecule has 2 N–H and O–H groups in total. The molecular formula is C12H21N3O2. The Morgan fingerprint density at radius 2 is 2.18 bits per heavy atom. The predicted octanol–water partition coefficient (Wildman–Crippen LogP) is 1.66. The number of carboxylic acid groups (broad SMARTS) is 1. The van der Waals surface area contributed by atoms with E-state index in [2.05, 4.69) is 10.4 Å². The predicted molar refractivity (Wildman–Crippen MR) is 65.7 cm³/mol. The van der Waals surface area contributed by atoms with Gasteiger partial charge in [-0.25, -0.2) is 0 Å². The van der Waals surface area contributed by atoms with Crippen LogP contribution in [-0.2, 0) is 11.3 Å². The SMILES string of the molecule is CCn1cc(C(C)NC(C(=O)O)C(C)C)cn1. The number of aryl methyl sites for hydroxylation is 1. The van der Waals surface area contributed by atoms with E-state index in [1.54, 1.807) is 6.20 Å². The van der Waals surface area contributed by atoms with Crippen LogP contribution in [0.2, 0.25) is 0 Å². The molecule has 5 heteroatoms. The van der Waals surface area contributed by atoms with Crippen LogP contribution in [0.25, 0.3) is 0 Å². The quantitative estimate of drug-likeness (QED) is 0.792. The second kappa shape index (κ2) is 5.82. The smallest absolute Gasteiger partial charge is 0.320 e. The van der Waals surface area contributed by atoms with E-state index in [0.717, 1.165) is 12.1 Å². The van der Waals surface area contributed by atoms with E-state index in [0.29, 0.717) is 0 Å². The van der Waals surface area contributed by atoms with Crippen molar-refractivity contribution in [2.24, 2.45) is 5.92 Å². The number of rotatable bonds is 6. The highest BCUT2D eigenvalue weighted by atomic mass is 16.4. The molecule has 1 aromatic heterocycles. The first kappa shape index (κ1) is 13.7. The summed E-state index contributed by atoms with van der Waals surface area (Å²) < 4.78 is 1.83. The lowest BCUT2D eigenvalue weighted by molar-refractivity contribution is -0.140. The topological polar surface area (TPSA) is 67.2 Å². The normalized spacial score (nSPS) is 14.9. The van der Waals surface area contributed by atoms with Gasteiger partial charge in [0.15, 0.2) is 0 Å². The lowest BCUT2D eigenvalue weighted by atomic mass is 10.0. The Labute approximate surface area is 102 Å². The minimum absolute atomic E-state index is 0.0150. The largest absolute Gasteiger partial charge is 0.480 e. The molecule has 2 unspecified atom stereocenters. The lowest BCUT2D eigenvalue weighted by Crippen LogP contribution is -2.42. The summed E-state index contributed by atoms with van der Waals surface area (Å²) in [5.41, 5.74) is 1.01. The molecule has 1 heterocycles. The Morgan fingerprint density at radius 1 is 1.53 bits per heavy atom. The third-order valence-corrected chi connectivity index (χ3v) is 2.84. The molecule has 1 aromatic rings. The third-order valence-electron chi connectivity index (χ3n) is 2.84. The van der Waals surface area contributed by atoms with Crippen LogP contribution in [0.1, 0.15) is 39.3 Å². The van der Waals surface area contributed by atoms with Gasteiger partial charge in [0, 0.05) is 24.3 Å². The highest BCUT2D eigenvalue weighted by Gasteiger charge is 2.23. The Hall–Kier alpha value is -1.36. The van der Waals surface area contributed by atoms with E-state index < -0.39 is 12.0 Å². The summed E-state index contributed by atoms with van der Waals surface area (Å²) in [5.74, 6) is -0.758. The van der Waals surface area contributed by atoms with Crippen LogP contribution in [0, 0.1) is 5.92 Å². The summed E-state index contributed by atoms with van der Waals surface area (Å²) in [4.78, 5) is 11.1. The molecule has 0 aliphatic heterocycles. The highest BCUT2D eigenvalue weighted by molar-refractivity contribution is 5.73. The van der Waals surface area contributed by atoms with Gasteiger partial charge in [0.1, 0.15) is 6.04 Å². The van der Waals surface area contributed by atoms with Crippen molar-refractivity contribution in [2.75, 3.05) is 0 Å². The number of aliphatic carboxylic acids is 1. The van der Waals surface area contributed by atoms with Gasteiger partial charge in [-0.2, -0.15) is 5.10 Å². The molecule has 5 nitrogen and oxygen atoms in total. The molecule has 0 saturated heterocycles. The molecule has 0 aliphatic carbocycles. The summed E-state index contributed by atoms with van der Waals surface area (Å²) >= 11 is 0. The number of hydrogen-bond donors (Lipinski definition) is 2. The molecule has 2 atom stereocenters. The molecule has 0 fully saturated rings. The molecule has 0 radical (unpaired) electrons. The van der Waals surface area contributed by atoms with Gasteiger partial charge in [-0.05, 0) is 19.8 Å². The molecule has 0 amide bonds. The van der Waals surface area contributed by atoms with Gasteiger partial charge in [0.05, 0.1) is 6.20 Å². The van der Waals surface area contributed by atoms with Gasteiger partial charge >= 0.3 is 5.97 Å². The number of carbonyl (C=O) groups is 1. The van der Waals surface area contributed by atoms with Crippen LogP contribution in [0.4, 0.5) is 0 Å². The van der Waals surface area contributed by atoms with E-state index in [4.69, 9.17) is 5.11 Å². The van der Waals surface area contributed by atoms with Gasteiger partial charge in [0.2, 0.25) is 0 Å². The fourth-order valence-corrected chi connectivity index (χ4v) is 1.69. The minimum Gasteiger partial charge on any atom is -0.480 e. The molecule has 1 rings (SSSR count). The summed E-state index contributed by atoms with van der Waals surface area (Å²) in [7, 11) is 0. The van der Waals surface area contributed by atoms with Crippen molar-refractivity contribution in [1.82, 2.24) is 15.1 Å². The van der Waals surface area contributed by atoms with Gasteiger partial charge in [-0.1, -0.05) is 13.8 Å². The van der Waals surface area contributed by atoms with Crippen molar-refractivity contribution in [3.63, 3.8) is 0 Å². The second-order valence-corrected chi connectivity index (χ2v) is 4.58. The van der Waals surface area contributed by atoms with Gasteiger partial charge in [0.25, 0.3) is 0 Å². The van der Waals surface area contributed by atoms with Gasteiger partial charge in [-0.3, -0.25) is 14.8 Å². The van der Waals surface area contributed by atoms with E-state index in [1.165, 1.54) is 0 Å². The first-order chi connectivity index (χ1) is 7.95. The first-order valence-electron chi connectivity index (χ1n) is 5.96. The average molecular weight is 239 g/mol. The molecule has 17 heavy (non-hydrogen) atoms. The monoisotopic (exact) mass is 239 g/mol. The maximum absolute atomic E-state index is 11.1. The zero-order chi connectivity index (χ0) is 13.0. The molecule has 0 aromatic carbocycles. The van der Waals surface area contributed by atoms with Crippen molar-refractivity contribution in [3.8, 4) is 0 Å². The Morgan fingerprint density at radius 3 is 2.59 bits per heavy atom. The minimum atomic E-state index is -0.810. The van der Waals surface area contributed by atoms with Crippen LogP contribution in [0.3, 0.4) is 0 Å². The molecule has 96 valence electrons. The van der Waals surface area contributed by atoms with Gasteiger partial charge < -0.3 is 5.11 Å². The standard InChI is InChI=1S/C12H21N3O2/c1-5-15-7-10(6-13-15)9(4)14-11(8(2)3)12(16)17/h6-9,11,14H,5H2,1-4H3,(H,16,17). The third kappa shape index (κ3) is 3.56. The van der Waals surface area contributed by atoms with Crippen LogP contribution in [-0.4, -0.2) is 26.9 Å². The van der Waals surface area contributed by atoms with E-state index >= 15 is 0 Å². The van der Waals surface area contributed by atoms with Crippen LogP contribution < -0.4 is 5.32 Å². The van der Waals surface area contributed by atoms with E-state index in [9.17, 15) is 4.79 Å². The van der Waals surface area contributed by atoms with Crippen LogP contribution in [0.5, 0.6) is 0 Å². The fourth-order valence-electron chi connectivity index (χ4n) is 1.69. The molecule has 0 saturated carbocycles. The Balaban J connectivity index is 2.69. The zero-order valence-electron chi connectivity index (χ0n) is 10.8. The van der Waals surface area contributed by atoms with Crippen molar-refractivity contribution >= 4 is 5.97 Å². The number of nitrogens with zero attached hydrogens (tertiary/aromatic N) is 2. The molecular weight excluding hydrogens is 218 g/mol. The second-order valence-electron chi connectivity index (χ2n) is 4.58. The van der Waals surface area contributed by atoms with Crippen LogP contribution >= 0.6 is 0 Å². The van der Waals surface area contributed by atoms with E-state index in [1.807, 2.05) is 38.6 Å². The van der Waals surface area contributed by atoms with Gasteiger partial charge in [-0.15, -0.1) is 0 Å². The van der Waals surface area contributed by atoms with Crippen molar-refractivity contribution in [1.29, 1.82) is 0 Å². The number of hydrogen-bond acceptors (Lipinski definition) is 3. The average Bonchev–Trinajstić information content (AvgIpc) is 2.73. The maximum Gasteiger partial charge on any atom is 0.320 e. The summed E-state index contributed by atoms with van der Waals surface area (Å²) in [6.45, 7) is 8.58. The Kier molecular flexibility index (Phi) is 4.69. The number of aromatic nitrogens is 2. The van der Waals surface area contributed by atoms with Crippen LogP contribution in [0.15, 0.2) is 12.4 Å². The molecule has 0 spiro atoms. The summed E-state index contributed by atoms with van der Waals surface area (Å²) in [6, 6.07) is -0.547. The molecule has 0 aliphatic rings. The van der Waals surface area contributed by atoms with Crippen molar-refractivity contribution in [2.45, 2.75) is 46.3 Å². The maximum atomic E-state index is 11.1. The lowest BCUT2D eigenvalue weighted by Gasteiger charge is -2.22. The highest BCUT2D eigenvalue weighted by Crippen LogP contribution is 2.14. The fraction of sp³-hybridized carbons (Fsp3) is 0.667.